The van der Waals surface area contributed by atoms with E-state index >= 15 is 0 Å². The van der Waals surface area contributed by atoms with Crippen molar-refractivity contribution in [3.63, 3.8) is 0 Å². The zero-order chi connectivity index (χ0) is 8.32. The molecule has 1 heterocycles. The molecule has 11 heavy (non-hydrogen) atoms. The largest absolute Gasteiger partial charge is 0.429 e. The summed E-state index contributed by atoms with van der Waals surface area (Å²) in [4.78, 5) is 3.78. The molecule has 0 spiro atoms. The highest BCUT2D eigenvalue weighted by molar-refractivity contribution is 7.07. The van der Waals surface area contributed by atoms with Crippen LogP contribution in [0, 0.1) is 12.3 Å². The van der Waals surface area contributed by atoms with E-state index in [0.717, 1.165) is 0 Å². The smallest absolute Gasteiger partial charge is 0.324 e. The molecular weight excluding hydrogens is 205 g/mol. The zero-order valence-corrected chi connectivity index (χ0v) is 7.58. The SMILES string of the molecule is C#CC(Cl)(Cl)Oc1cscn1. The Morgan fingerprint density at radius 3 is 2.91 bits per heavy atom. The molecule has 1 rings (SSSR count). The van der Waals surface area contributed by atoms with Gasteiger partial charge in [0.05, 0.1) is 10.9 Å². The van der Waals surface area contributed by atoms with E-state index in [0.29, 0.717) is 5.88 Å². The molecule has 5 heteroatoms. The molecule has 1 aromatic heterocycles. The van der Waals surface area contributed by atoms with Crippen LogP contribution in [0.3, 0.4) is 0 Å². The van der Waals surface area contributed by atoms with Crippen LogP contribution in [0.1, 0.15) is 0 Å². The van der Waals surface area contributed by atoms with Crippen molar-refractivity contribution in [2.45, 2.75) is 4.52 Å². The van der Waals surface area contributed by atoms with Gasteiger partial charge in [0.25, 0.3) is 0 Å². The van der Waals surface area contributed by atoms with Crippen LogP contribution in [0.4, 0.5) is 0 Å². The average Bonchev–Trinajstić information content (AvgIpc) is 2.39. The number of halogens is 2. The Kier molecular flexibility index (Phi) is 2.61. The van der Waals surface area contributed by atoms with E-state index in [4.69, 9.17) is 34.4 Å². The lowest BCUT2D eigenvalue weighted by Gasteiger charge is -2.11. The second-order valence-electron chi connectivity index (χ2n) is 1.59. The van der Waals surface area contributed by atoms with E-state index in [-0.39, 0.29) is 0 Å². The molecule has 0 fully saturated rings. The third-order valence-electron chi connectivity index (χ3n) is 0.810. The summed E-state index contributed by atoms with van der Waals surface area (Å²) in [7, 11) is 0. The number of hydrogen-bond donors (Lipinski definition) is 0. The normalized spacial score (nSPS) is 10.6. The molecule has 0 atom stereocenters. The zero-order valence-electron chi connectivity index (χ0n) is 5.25. The van der Waals surface area contributed by atoms with Crippen molar-refractivity contribution in [3.05, 3.63) is 10.9 Å². The van der Waals surface area contributed by atoms with E-state index in [1.165, 1.54) is 11.3 Å². The van der Waals surface area contributed by atoms with Crippen molar-refractivity contribution < 1.29 is 4.74 Å². The summed E-state index contributed by atoms with van der Waals surface area (Å²) in [5.41, 5.74) is 1.59. The Morgan fingerprint density at radius 2 is 2.45 bits per heavy atom. The van der Waals surface area contributed by atoms with Crippen LogP contribution >= 0.6 is 34.5 Å². The minimum atomic E-state index is -1.62. The molecule has 2 nitrogen and oxygen atoms in total. The fourth-order valence-corrected chi connectivity index (χ4v) is 1.02. The van der Waals surface area contributed by atoms with Crippen LogP contribution in [-0.2, 0) is 0 Å². The third-order valence-corrected chi connectivity index (χ3v) is 1.75. The molecule has 0 saturated heterocycles. The summed E-state index contributed by atoms with van der Waals surface area (Å²) >= 11 is 12.3. The quantitative estimate of drug-likeness (QED) is 0.549. The summed E-state index contributed by atoms with van der Waals surface area (Å²) in [5, 5.41) is 1.65. The van der Waals surface area contributed by atoms with Gasteiger partial charge < -0.3 is 4.74 Å². The molecule has 0 aromatic carbocycles. The molecule has 0 aliphatic heterocycles. The Hall–Kier alpha value is -0.430. The third kappa shape index (κ3) is 2.58. The molecule has 0 bridgehead atoms. The van der Waals surface area contributed by atoms with E-state index in [9.17, 15) is 0 Å². The Labute approximate surface area is 78.1 Å². The topological polar surface area (TPSA) is 22.1 Å². The van der Waals surface area contributed by atoms with Gasteiger partial charge in [-0.2, -0.15) is 0 Å². The predicted octanol–water partition coefficient (Wildman–Crippen LogP) is 2.29. The van der Waals surface area contributed by atoms with Crippen molar-refractivity contribution in [3.8, 4) is 18.2 Å². The molecule has 0 aliphatic rings. The van der Waals surface area contributed by atoms with Gasteiger partial charge in [0, 0.05) is 0 Å². The van der Waals surface area contributed by atoms with Crippen molar-refractivity contribution in [2.24, 2.45) is 0 Å². The lowest BCUT2D eigenvalue weighted by molar-refractivity contribution is 0.288. The number of alkyl halides is 2. The maximum absolute atomic E-state index is 5.48. The van der Waals surface area contributed by atoms with Gasteiger partial charge in [-0.15, -0.1) is 17.8 Å². The number of nitrogens with zero attached hydrogens (tertiary/aromatic N) is 1. The first-order valence-electron chi connectivity index (χ1n) is 2.57. The average molecular weight is 208 g/mol. The van der Waals surface area contributed by atoms with Crippen LogP contribution in [-0.4, -0.2) is 9.50 Å². The summed E-state index contributed by atoms with van der Waals surface area (Å²) in [6.45, 7) is 0. The Morgan fingerprint density at radius 1 is 1.73 bits per heavy atom. The lowest BCUT2D eigenvalue weighted by Crippen LogP contribution is -2.18. The first-order chi connectivity index (χ1) is 5.14. The highest BCUT2D eigenvalue weighted by Crippen LogP contribution is 2.24. The fraction of sp³-hybridized carbons (Fsp3) is 0.167. The second-order valence-corrected chi connectivity index (χ2v) is 3.57. The minimum Gasteiger partial charge on any atom is -0.429 e. The molecule has 0 radical (unpaired) electrons. The standard InChI is InChI=1S/C6H3Cl2NOS/c1-2-6(7,8)10-5-3-11-4-9-5/h1,3-4H. The highest BCUT2D eigenvalue weighted by atomic mass is 35.5. The maximum atomic E-state index is 5.48. The van der Waals surface area contributed by atoms with Gasteiger partial charge in [0.2, 0.25) is 5.88 Å². The number of ether oxygens (including phenoxy) is 1. The summed E-state index contributed by atoms with van der Waals surface area (Å²) < 4.78 is 3.27. The van der Waals surface area contributed by atoms with Crippen molar-refractivity contribution in [1.29, 1.82) is 0 Å². The summed E-state index contributed by atoms with van der Waals surface area (Å²) in [6.07, 6.45) is 4.96. The summed E-state index contributed by atoms with van der Waals surface area (Å²) in [6, 6.07) is 0. The molecule has 0 amide bonds. The number of hydrogen-bond acceptors (Lipinski definition) is 3. The monoisotopic (exact) mass is 207 g/mol. The number of thiazole rings is 1. The van der Waals surface area contributed by atoms with Gasteiger partial charge in [0.15, 0.2) is 0 Å². The van der Waals surface area contributed by atoms with Crippen LogP contribution in [0.15, 0.2) is 10.9 Å². The van der Waals surface area contributed by atoms with Crippen molar-refractivity contribution in [1.82, 2.24) is 4.98 Å². The highest BCUT2D eigenvalue weighted by Gasteiger charge is 2.23. The van der Waals surface area contributed by atoms with E-state index < -0.39 is 4.52 Å². The Balaban J connectivity index is 2.65. The lowest BCUT2D eigenvalue weighted by atomic mass is 10.7. The molecule has 0 aliphatic carbocycles. The molecular formula is C6H3Cl2NOS. The molecule has 0 N–H and O–H groups in total. The predicted molar refractivity (Wildman–Crippen MR) is 46.0 cm³/mol. The molecule has 58 valence electrons. The molecule has 0 unspecified atom stereocenters. The van der Waals surface area contributed by atoms with Gasteiger partial charge in [0.1, 0.15) is 0 Å². The van der Waals surface area contributed by atoms with E-state index in [2.05, 4.69) is 10.9 Å². The number of terminal acetylenes is 1. The fourth-order valence-electron chi connectivity index (χ4n) is 0.413. The van der Waals surface area contributed by atoms with Crippen LogP contribution in [0.25, 0.3) is 0 Å². The van der Waals surface area contributed by atoms with Gasteiger partial charge in [-0.3, -0.25) is 0 Å². The second kappa shape index (κ2) is 3.31. The van der Waals surface area contributed by atoms with Crippen molar-refractivity contribution >= 4 is 34.5 Å². The molecule has 0 saturated carbocycles. The first-order valence-corrected chi connectivity index (χ1v) is 4.27. The van der Waals surface area contributed by atoms with Gasteiger partial charge in [-0.1, -0.05) is 0 Å². The van der Waals surface area contributed by atoms with Gasteiger partial charge in [-0.05, 0) is 29.1 Å². The Bertz CT molecular complexity index is 265. The maximum Gasteiger partial charge on any atom is 0.324 e. The number of rotatable bonds is 2. The summed E-state index contributed by atoms with van der Waals surface area (Å²) in [5.74, 6) is 2.38. The minimum absolute atomic E-state index is 0.331. The van der Waals surface area contributed by atoms with E-state index in [1.807, 2.05) is 0 Å². The van der Waals surface area contributed by atoms with Crippen LogP contribution in [0.5, 0.6) is 5.88 Å². The van der Waals surface area contributed by atoms with Gasteiger partial charge >= 0.3 is 4.52 Å². The first kappa shape index (κ1) is 8.66. The van der Waals surface area contributed by atoms with Crippen LogP contribution < -0.4 is 4.74 Å². The molecule has 1 aromatic rings. The van der Waals surface area contributed by atoms with E-state index in [1.54, 1.807) is 10.9 Å². The van der Waals surface area contributed by atoms with Crippen molar-refractivity contribution in [2.75, 3.05) is 0 Å². The van der Waals surface area contributed by atoms with Gasteiger partial charge in [-0.25, -0.2) is 4.98 Å². The van der Waals surface area contributed by atoms with Crippen LogP contribution in [0.2, 0.25) is 0 Å². The number of aromatic nitrogens is 1.